The number of nitrogens with zero attached hydrogens (tertiary/aromatic N) is 2. The number of carbonyl (C=O) groups excluding carboxylic acids is 1. The van der Waals surface area contributed by atoms with Crippen LogP contribution >= 0.6 is 0 Å². The Hall–Kier alpha value is -2.74. The predicted molar refractivity (Wildman–Crippen MR) is 88.8 cm³/mol. The molecule has 0 saturated heterocycles. The summed E-state index contributed by atoms with van der Waals surface area (Å²) in [6.45, 7) is 4.79. The molecule has 23 heavy (non-hydrogen) atoms. The lowest BCUT2D eigenvalue weighted by atomic mass is 10.1. The number of methoxy groups -OCH3 is 1. The van der Waals surface area contributed by atoms with Crippen molar-refractivity contribution in [3.63, 3.8) is 0 Å². The van der Waals surface area contributed by atoms with E-state index < -0.39 is 0 Å². The Morgan fingerprint density at radius 1 is 1.39 bits per heavy atom. The Bertz CT molecular complexity index is 726. The first kappa shape index (κ1) is 16.6. The minimum atomic E-state index is -0.241. The third-order valence-corrected chi connectivity index (χ3v) is 3.56. The Balaban J connectivity index is 2.33. The Morgan fingerprint density at radius 3 is 2.83 bits per heavy atom. The highest BCUT2D eigenvalue weighted by Gasteiger charge is 2.18. The van der Waals surface area contributed by atoms with Crippen molar-refractivity contribution in [2.75, 3.05) is 13.7 Å². The highest BCUT2D eigenvalue weighted by atomic mass is 16.5. The van der Waals surface area contributed by atoms with E-state index in [-0.39, 0.29) is 5.91 Å². The van der Waals surface area contributed by atoms with Crippen LogP contribution in [-0.4, -0.2) is 24.1 Å². The van der Waals surface area contributed by atoms with E-state index >= 15 is 0 Å². The van der Waals surface area contributed by atoms with Crippen LogP contribution in [0.5, 0.6) is 5.75 Å². The zero-order valence-electron chi connectivity index (χ0n) is 13.7. The molecule has 5 nitrogen and oxygen atoms in total. The predicted octanol–water partition coefficient (Wildman–Crippen LogP) is 3.13. The average Bonchev–Trinajstić information content (AvgIpc) is 2.98. The minimum Gasteiger partial charge on any atom is -0.497 e. The number of carbonyl (C=O) groups is 1. The molecule has 1 heterocycles. The summed E-state index contributed by atoms with van der Waals surface area (Å²) in [5, 5.41) is 12.2. The summed E-state index contributed by atoms with van der Waals surface area (Å²) in [6.07, 6.45) is 2.62. The summed E-state index contributed by atoms with van der Waals surface area (Å²) < 4.78 is 6.94. The molecule has 2 aromatic rings. The van der Waals surface area contributed by atoms with Gasteiger partial charge in [-0.2, -0.15) is 5.26 Å². The number of ether oxygens (including phenoxy) is 1. The van der Waals surface area contributed by atoms with Crippen LogP contribution < -0.4 is 10.1 Å². The zero-order chi connectivity index (χ0) is 16.8. The van der Waals surface area contributed by atoms with Crippen molar-refractivity contribution in [3.8, 4) is 17.5 Å². The van der Waals surface area contributed by atoms with Gasteiger partial charge in [-0.05, 0) is 30.5 Å². The molecule has 1 aromatic carbocycles. The van der Waals surface area contributed by atoms with E-state index in [4.69, 9.17) is 4.74 Å². The smallest absolute Gasteiger partial charge is 0.269 e. The van der Waals surface area contributed by atoms with Crippen LogP contribution in [0.4, 0.5) is 0 Å². The molecule has 0 aliphatic rings. The van der Waals surface area contributed by atoms with Crippen molar-refractivity contribution < 1.29 is 9.53 Å². The number of aromatic nitrogens is 1. The first-order valence-corrected chi connectivity index (χ1v) is 7.61. The molecular formula is C18H21N3O2. The first-order chi connectivity index (χ1) is 11.1. The van der Waals surface area contributed by atoms with E-state index in [1.807, 2.05) is 24.3 Å². The number of rotatable bonds is 6. The third kappa shape index (κ3) is 3.92. The first-order valence-electron chi connectivity index (χ1n) is 7.61. The molecule has 0 fully saturated rings. The maximum atomic E-state index is 12.5. The van der Waals surface area contributed by atoms with E-state index in [1.165, 1.54) is 0 Å². The molecular weight excluding hydrogens is 290 g/mol. The molecule has 0 aliphatic carbocycles. The number of nitrogens with one attached hydrogen (secondary N) is 1. The molecule has 120 valence electrons. The van der Waals surface area contributed by atoms with Gasteiger partial charge < -0.3 is 14.6 Å². The topological polar surface area (TPSA) is 67.0 Å². The molecule has 5 heteroatoms. The maximum absolute atomic E-state index is 12.5. The largest absolute Gasteiger partial charge is 0.497 e. The van der Waals surface area contributed by atoms with Gasteiger partial charge in [0.25, 0.3) is 5.91 Å². The lowest BCUT2D eigenvalue weighted by Gasteiger charge is -2.12. The van der Waals surface area contributed by atoms with Gasteiger partial charge >= 0.3 is 0 Å². The van der Waals surface area contributed by atoms with Gasteiger partial charge in [0.1, 0.15) is 17.5 Å². The van der Waals surface area contributed by atoms with Crippen LogP contribution in [0.2, 0.25) is 0 Å². The van der Waals surface area contributed by atoms with Crippen molar-refractivity contribution in [2.24, 2.45) is 5.92 Å². The van der Waals surface area contributed by atoms with Gasteiger partial charge in [0.2, 0.25) is 0 Å². The van der Waals surface area contributed by atoms with Crippen molar-refractivity contribution >= 4 is 5.91 Å². The molecule has 2 rings (SSSR count). The van der Waals surface area contributed by atoms with Gasteiger partial charge in [-0.3, -0.25) is 4.79 Å². The molecule has 0 saturated carbocycles. The molecule has 0 radical (unpaired) electrons. The molecule has 1 amide bonds. The molecule has 0 atom stereocenters. The molecule has 1 aromatic heterocycles. The van der Waals surface area contributed by atoms with E-state index in [1.54, 1.807) is 23.9 Å². The van der Waals surface area contributed by atoms with Crippen LogP contribution in [0.25, 0.3) is 5.69 Å². The van der Waals surface area contributed by atoms with Crippen LogP contribution in [0, 0.1) is 17.2 Å². The third-order valence-electron chi connectivity index (χ3n) is 3.56. The molecule has 0 spiro atoms. The van der Waals surface area contributed by atoms with Crippen LogP contribution in [0.1, 0.15) is 36.3 Å². The highest BCUT2D eigenvalue weighted by molar-refractivity contribution is 5.95. The molecule has 1 N–H and O–H groups in total. The summed E-state index contributed by atoms with van der Waals surface area (Å²) in [6, 6.07) is 11.1. The van der Waals surface area contributed by atoms with E-state index in [0.717, 1.165) is 12.1 Å². The van der Waals surface area contributed by atoms with Gasteiger partial charge in [-0.15, -0.1) is 0 Å². The fourth-order valence-corrected chi connectivity index (χ4v) is 2.29. The van der Waals surface area contributed by atoms with Gasteiger partial charge in [0.05, 0.1) is 12.7 Å². The Morgan fingerprint density at radius 2 is 2.17 bits per heavy atom. The van der Waals surface area contributed by atoms with Crippen LogP contribution in [0.15, 0.2) is 36.5 Å². The fourth-order valence-electron chi connectivity index (χ4n) is 2.29. The van der Waals surface area contributed by atoms with Crippen molar-refractivity contribution in [1.82, 2.24) is 9.88 Å². The number of nitriles is 1. The van der Waals surface area contributed by atoms with Crippen molar-refractivity contribution in [2.45, 2.75) is 20.3 Å². The molecule has 0 bridgehead atoms. The maximum Gasteiger partial charge on any atom is 0.269 e. The lowest BCUT2D eigenvalue weighted by molar-refractivity contribution is 0.0945. The second kappa shape index (κ2) is 7.50. The van der Waals surface area contributed by atoms with Crippen molar-refractivity contribution in [1.29, 1.82) is 5.26 Å². The normalized spacial score (nSPS) is 10.4. The quantitative estimate of drug-likeness (QED) is 0.891. The summed E-state index contributed by atoms with van der Waals surface area (Å²) in [4.78, 5) is 12.5. The van der Waals surface area contributed by atoms with E-state index in [2.05, 4.69) is 25.2 Å². The van der Waals surface area contributed by atoms with E-state index in [9.17, 15) is 10.1 Å². The lowest BCUT2D eigenvalue weighted by Crippen LogP contribution is -2.28. The van der Waals surface area contributed by atoms with Gasteiger partial charge in [-0.25, -0.2) is 0 Å². The number of benzene rings is 1. The number of hydrogen-bond acceptors (Lipinski definition) is 3. The minimum absolute atomic E-state index is 0.241. The van der Waals surface area contributed by atoms with Gasteiger partial charge in [0, 0.05) is 24.5 Å². The second-order valence-electron chi connectivity index (χ2n) is 5.70. The SMILES string of the molecule is COc1cccc(-n2ccc(C#N)c2C(=O)NCCC(C)C)c1. The highest BCUT2D eigenvalue weighted by Crippen LogP contribution is 2.21. The second-order valence-corrected chi connectivity index (χ2v) is 5.70. The molecule has 0 unspecified atom stereocenters. The standard InChI is InChI=1S/C18H21N3O2/c1-13(2)7-9-20-18(22)17-14(12-19)8-10-21(17)15-5-4-6-16(11-15)23-3/h4-6,8,10-11,13H,7,9H2,1-3H3,(H,20,22). The summed E-state index contributed by atoms with van der Waals surface area (Å²) >= 11 is 0. The Labute approximate surface area is 136 Å². The fraction of sp³-hybridized carbons (Fsp3) is 0.333. The van der Waals surface area contributed by atoms with Crippen LogP contribution in [-0.2, 0) is 0 Å². The van der Waals surface area contributed by atoms with Crippen molar-refractivity contribution in [3.05, 3.63) is 47.8 Å². The summed E-state index contributed by atoms with van der Waals surface area (Å²) in [5.74, 6) is 0.965. The molecule has 0 aliphatic heterocycles. The number of hydrogen-bond donors (Lipinski definition) is 1. The summed E-state index contributed by atoms with van der Waals surface area (Å²) in [7, 11) is 1.59. The monoisotopic (exact) mass is 311 g/mol. The van der Waals surface area contributed by atoms with E-state index in [0.29, 0.717) is 29.5 Å². The Kier molecular flexibility index (Phi) is 5.42. The van der Waals surface area contributed by atoms with Gasteiger partial charge in [-0.1, -0.05) is 19.9 Å². The van der Waals surface area contributed by atoms with Crippen LogP contribution in [0.3, 0.4) is 0 Å². The number of amides is 1. The summed E-state index contributed by atoms with van der Waals surface area (Å²) in [5.41, 5.74) is 1.49. The average molecular weight is 311 g/mol. The zero-order valence-corrected chi connectivity index (χ0v) is 13.7. The van der Waals surface area contributed by atoms with Gasteiger partial charge in [0.15, 0.2) is 0 Å².